The molecular formula is C12H12ClN5O. The maximum absolute atomic E-state index is 12.0. The third kappa shape index (κ3) is 3.17. The first-order valence-corrected chi connectivity index (χ1v) is 5.89. The van der Waals surface area contributed by atoms with Crippen LogP contribution in [0.1, 0.15) is 21.7 Å². The number of rotatable bonds is 2. The van der Waals surface area contributed by atoms with Gasteiger partial charge < -0.3 is 5.73 Å². The minimum Gasteiger partial charge on any atom is -0.399 e. The van der Waals surface area contributed by atoms with E-state index in [2.05, 4.69) is 20.5 Å². The number of carbonyl (C=O) groups excluding carboxylic acids is 1. The van der Waals surface area contributed by atoms with Crippen LogP contribution in [0.15, 0.2) is 18.2 Å². The highest BCUT2D eigenvalue weighted by Crippen LogP contribution is 2.17. The number of halogens is 1. The number of nitrogens with one attached hydrogen (secondary N) is 1. The summed E-state index contributed by atoms with van der Waals surface area (Å²) < 4.78 is 0. The fourth-order valence-corrected chi connectivity index (χ4v) is 1.67. The molecule has 0 aliphatic rings. The van der Waals surface area contributed by atoms with Gasteiger partial charge in [-0.15, -0.1) is 5.10 Å². The number of carbonyl (C=O) groups is 1. The van der Waals surface area contributed by atoms with Crippen LogP contribution in [0, 0.1) is 13.8 Å². The molecule has 7 heteroatoms. The Morgan fingerprint density at radius 1 is 1.21 bits per heavy atom. The molecule has 6 nitrogen and oxygen atoms in total. The van der Waals surface area contributed by atoms with Gasteiger partial charge in [-0.1, -0.05) is 11.6 Å². The highest BCUT2D eigenvalue weighted by molar-refractivity contribution is 6.31. The summed E-state index contributed by atoms with van der Waals surface area (Å²) >= 11 is 5.84. The van der Waals surface area contributed by atoms with E-state index in [1.807, 2.05) is 0 Å². The van der Waals surface area contributed by atoms with Gasteiger partial charge in [-0.05, 0) is 32.0 Å². The van der Waals surface area contributed by atoms with Gasteiger partial charge in [0.15, 0.2) is 0 Å². The number of amides is 1. The molecule has 0 aliphatic carbocycles. The average Bonchev–Trinajstić information content (AvgIpc) is 2.32. The number of nitrogens with zero attached hydrogens (tertiary/aromatic N) is 3. The van der Waals surface area contributed by atoms with Crippen LogP contribution in [0.2, 0.25) is 5.02 Å². The third-order valence-electron chi connectivity index (χ3n) is 2.50. The van der Waals surface area contributed by atoms with E-state index in [0.717, 1.165) is 0 Å². The van der Waals surface area contributed by atoms with Gasteiger partial charge in [0.2, 0.25) is 5.95 Å². The van der Waals surface area contributed by atoms with Crippen LogP contribution in [0.3, 0.4) is 0 Å². The second-order valence-corrected chi connectivity index (χ2v) is 4.47. The number of nitrogens with two attached hydrogens (primary N) is 1. The normalized spacial score (nSPS) is 10.3. The van der Waals surface area contributed by atoms with Gasteiger partial charge in [0.1, 0.15) is 0 Å². The quantitative estimate of drug-likeness (QED) is 0.819. The van der Waals surface area contributed by atoms with Crippen LogP contribution in [-0.4, -0.2) is 21.1 Å². The van der Waals surface area contributed by atoms with Crippen molar-refractivity contribution in [2.45, 2.75) is 13.8 Å². The molecule has 0 spiro atoms. The summed E-state index contributed by atoms with van der Waals surface area (Å²) in [7, 11) is 0. The molecular weight excluding hydrogens is 266 g/mol. The second kappa shape index (κ2) is 5.19. The summed E-state index contributed by atoms with van der Waals surface area (Å²) in [4.78, 5) is 16.1. The van der Waals surface area contributed by atoms with Gasteiger partial charge in [0.25, 0.3) is 5.91 Å². The zero-order chi connectivity index (χ0) is 14.0. The summed E-state index contributed by atoms with van der Waals surface area (Å²) in [5.74, 6) is -0.245. The van der Waals surface area contributed by atoms with Crippen molar-refractivity contribution in [3.63, 3.8) is 0 Å². The lowest BCUT2D eigenvalue weighted by atomic mass is 10.2. The Balaban J connectivity index is 2.22. The van der Waals surface area contributed by atoms with Gasteiger partial charge in [0, 0.05) is 16.3 Å². The fourth-order valence-electron chi connectivity index (χ4n) is 1.43. The zero-order valence-corrected chi connectivity index (χ0v) is 11.2. The van der Waals surface area contributed by atoms with Crippen LogP contribution in [-0.2, 0) is 0 Å². The third-order valence-corrected chi connectivity index (χ3v) is 2.72. The Bertz CT molecular complexity index is 624. The largest absolute Gasteiger partial charge is 0.399 e. The molecule has 1 heterocycles. The summed E-state index contributed by atoms with van der Waals surface area (Å²) in [6, 6.07) is 4.60. The van der Waals surface area contributed by atoms with Crippen molar-refractivity contribution in [1.82, 2.24) is 15.2 Å². The summed E-state index contributed by atoms with van der Waals surface area (Å²) in [5.41, 5.74) is 7.80. The molecule has 2 rings (SSSR count). The number of nitrogen functional groups attached to an aromatic ring is 1. The first kappa shape index (κ1) is 13.2. The highest BCUT2D eigenvalue weighted by atomic mass is 35.5. The van der Waals surface area contributed by atoms with Crippen LogP contribution in [0.25, 0.3) is 0 Å². The van der Waals surface area contributed by atoms with Gasteiger partial charge in [-0.25, -0.2) is 4.98 Å². The maximum atomic E-state index is 12.0. The van der Waals surface area contributed by atoms with Gasteiger partial charge >= 0.3 is 0 Å². The molecule has 98 valence electrons. The molecule has 0 aliphatic heterocycles. The standard InChI is InChI=1S/C12H12ClN5O/c1-6-7(2)17-18-12(15-6)16-11(19)8-3-9(13)5-10(14)4-8/h3-5H,14H2,1-2H3,(H,15,16,18,19). The molecule has 2 aromatic rings. The Morgan fingerprint density at radius 2 is 1.95 bits per heavy atom. The molecule has 0 atom stereocenters. The van der Waals surface area contributed by atoms with E-state index >= 15 is 0 Å². The number of hydrogen-bond donors (Lipinski definition) is 2. The summed E-state index contributed by atoms with van der Waals surface area (Å²) in [6.45, 7) is 3.58. The van der Waals surface area contributed by atoms with Crippen molar-refractivity contribution in [3.8, 4) is 0 Å². The van der Waals surface area contributed by atoms with Crippen LogP contribution in [0.5, 0.6) is 0 Å². The minimum atomic E-state index is -0.390. The molecule has 0 fully saturated rings. The van der Waals surface area contributed by atoms with Gasteiger partial charge in [-0.2, -0.15) is 5.10 Å². The number of hydrogen-bond acceptors (Lipinski definition) is 5. The highest BCUT2D eigenvalue weighted by Gasteiger charge is 2.10. The number of aromatic nitrogens is 3. The van der Waals surface area contributed by atoms with E-state index in [9.17, 15) is 4.79 Å². The number of benzene rings is 1. The predicted octanol–water partition coefficient (Wildman–Crippen LogP) is 1.98. The molecule has 0 saturated heterocycles. The monoisotopic (exact) mass is 277 g/mol. The molecule has 0 bridgehead atoms. The molecule has 0 unspecified atom stereocenters. The molecule has 19 heavy (non-hydrogen) atoms. The Labute approximate surface area is 115 Å². The van der Waals surface area contributed by atoms with Crippen molar-refractivity contribution in [3.05, 3.63) is 40.2 Å². The van der Waals surface area contributed by atoms with Crippen molar-refractivity contribution in [1.29, 1.82) is 0 Å². The van der Waals surface area contributed by atoms with Crippen LogP contribution in [0.4, 0.5) is 11.6 Å². The molecule has 1 aromatic carbocycles. The molecule has 0 radical (unpaired) electrons. The summed E-state index contributed by atoms with van der Waals surface area (Å²) in [5, 5.41) is 10.6. The van der Waals surface area contributed by atoms with Crippen molar-refractivity contribution in [2.75, 3.05) is 11.1 Å². The zero-order valence-electron chi connectivity index (χ0n) is 10.4. The smallest absolute Gasteiger partial charge is 0.258 e. The van der Waals surface area contributed by atoms with E-state index < -0.39 is 0 Å². The SMILES string of the molecule is Cc1nnc(NC(=O)c2cc(N)cc(Cl)c2)nc1C. The topological polar surface area (TPSA) is 93.8 Å². The lowest BCUT2D eigenvalue weighted by Crippen LogP contribution is -2.15. The van der Waals surface area contributed by atoms with Crippen molar-refractivity contribution < 1.29 is 4.79 Å². The first-order valence-electron chi connectivity index (χ1n) is 5.51. The Hall–Kier alpha value is -2.21. The van der Waals surface area contributed by atoms with E-state index in [-0.39, 0.29) is 11.9 Å². The maximum Gasteiger partial charge on any atom is 0.258 e. The van der Waals surface area contributed by atoms with Crippen molar-refractivity contribution in [2.24, 2.45) is 0 Å². The fraction of sp³-hybridized carbons (Fsp3) is 0.167. The van der Waals surface area contributed by atoms with E-state index in [0.29, 0.717) is 27.7 Å². The second-order valence-electron chi connectivity index (χ2n) is 4.03. The predicted molar refractivity (Wildman–Crippen MR) is 73.1 cm³/mol. The molecule has 1 amide bonds. The minimum absolute atomic E-state index is 0.145. The Kier molecular flexibility index (Phi) is 3.62. The first-order chi connectivity index (χ1) is 8.95. The van der Waals surface area contributed by atoms with Crippen LogP contribution >= 0.6 is 11.6 Å². The van der Waals surface area contributed by atoms with Gasteiger partial charge in [0.05, 0.1) is 11.4 Å². The lowest BCUT2D eigenvalue weighted by Gasteiger charge is -2.06. The number of anilines is 2. The van der Waals surface area contributed by atoms with Crippen molar-refractivity contribution >= 4 is 29.1 Å². The molecule has 1 aromatic heterocycles. The van der Waals surface area contributed by atoms with E-state index in [1.165, 1.54) is 12.1 Å². The average molecular weight is 278 g/mol. The lowest BCUT2D eigenvalue weighted by molar-refractivity contribution is 0.102. The summed E-state index contributed by atoms with van der Waals surface area (Å²) in [6.07, 6.45) is 0. The Morgan fingerprint density at radius 3 is 2.58 bits per heavy atom. The van der Waals surface area contributed by atoms with E-state index in [1.54, 1.807) is 19.9 Å². The number of aryl methyl sites for hydroxylation is 2. The molecule has 0 saturated carbocycles. The van der Waals surface area contributed by atoms with Crippen LogP contribution < -0.4 is 11.1 Å². The molecule has 3 N–H and O–H groups in total. The van der Waals surface area contributed by atoms with Gasteiger partial charge in [-0.3, -0.25) is 10.1 Å². The van der Waals surface area contributed by atoms with E-state index in [4.69, 9.17) is 17.3 Å².